The van der Waals surface area contributed by atoms with Crippen LogP contribution in [0.3, 0.4) is 0 Å². The summed E-state index contributed by atoms with van der Waals surface area (Å²) in [6.45, 7) is 0.876. The number of hydrogen-bond acceptors (Lipinski definition) is 2. The minimum absolute atomic E-state index is 0.134. The molecule has 0 saturated heterocycles. The number of carbonyl (C=O) groups is 1. The Labute approximate surface area is 133 Å². The molecule has 0 spiro atoms. The van der Waals surface area contributed by atoms with Crippen molar-refractivity contribution >= 4 is 11.6 Å². The zero-order valence-corrected chi connectivity index (χ0v) is 12.6. The summed E-state index contributed by atoms with van der Waals surface area (Å²) in [6, 6.07) is 12.4. The third kappa shape index (κ3) is 4.60. The summed E-state index contributed by atoms with van der Waals surface area (Å²) in [4.78, 5) is 14.3. The summed E-state index contributed by atoms with van der Waals surface area (Å²) in [5, 5.41) is 2.77. The number of nitrogens with zero attached hydrogens (tertiary/aromatic N) is 1. The molecule has 2 aromatic carbocycles. The van der Waals surface area contributed by atoms with Crippen molar-refractivity contribution in [3.8, 4) is 0 Å². The number of benzene rings is 2. The van der Waals surface area contributed by atoms with Crippen molar-refractivity contribution in [2.45, 2.75) is 25.4 Å². The van der Waals surface area contributed by atoms with Crippen molar-refractivity contribution in [2.24, 2.45) is 0 Å². The second-order valence-corrected chi connectivity index (χ2v) is 5.82. The van der Waals surface area contributed by atoms with Crippen LogP contribution in [-0.2, 0) is 11.3 Å². The number of amides is 1. The van der Waals surface area contributed by atoms with E-state index in [4.69, 9.17) is 0 Å². The standard InChI is InChI=1S/C18H18F2N2O/c19-14-3-1-13(2-4-14)11-22(17-9-10-17)12-18(23)21-16-7-5-15(20)6-8-16/h1-8,17H,9-12H2,(H,21,23). The van der Waals surface area contributed by atoms with Crippen LogP contribution in [-0.4, -0.2) is 23.4 Å². The first-order chi connectivity index (χ1) is 11.1. The van der Waals surface area contributed by atoms with Crippen LogP contribution in [0.15, 0.2) is 48.5 Å². The largest absolute Gasteiger partial charge is 0.325 e. The van der Waals surface area contributed by atoms with Crippen molar-refractivity contribution in [2.75, 3.05) is 11.9 Å². The van der Waals surface area contributed by atoms with Crippen LogP contribution in [0.25, 0.3) is 0 Å². The number of rotatable bonds is 6. The molecule has 1 N–H and O–H groups in total. The number of anilines is 1. The summed E-state index contributed by atoms with van der Waals surface area (Å²) < 4.78 is 25.8. The van der Waals surface area contributed by atoms with Gasteiger partial charge in [0.2, 0.25) is 5.91 Å². The fraction of sp³-hybridized carbons (Fsp3) is 0.278. The molecule has 23 heavy (non-hydrogen) atoms. The number of nitrogens with one attached hydrogen (secondary N) is 1. The molecule has 1 aliphatic carbocycles. The molecule has 3 nitrogen and oxygen atoms in total. The molecule has 0 bridgehead atoms. The van der Waals surface area contributed by atoms with Gasteiger partial charge in [-0.3, -0.25) is 9.69 Å². The zero-order chi connectivity index (χ0) is 16.2. The molecule has 3 rings (SSSR count). The van der Waals surface area contributed by atoms with Crippen molar-refractivity contribution < 1.29 is 13.6 Å². The predicted octanol–water partition coefficient (Wildman–Crippen LogP) is 3.57. The Morgan fingerprint density at radius 2 is 1.57 bits per heavy atom. The lowest BCUT2D eigenvalue weighted by Crippen LogP contribution is -2.34. The van der Waals surface area contributed by atoms with E-state index < -0.39 is 0 Å². The van der Waals surface area contributed by atoms with Gasteiger partial charge in [0.25, 0.3) is 0 Å². The van der Waals surface area contributed by atoms with Crippen molar-refractivity contribution in [1.29, 1.82) is 0 Å². The second kappa shape index (κ2) is 6.87. The van der Waals surface area contributed by atoms with E-state index in [1.54, 1.807) is 12.1 Å². The van der Waals surface area contributed by atoms with E-state index in [2.05, 4.69) is 10.2 Å². The van der Waals surface area contributed by atoms with Crippen LogP contribution in [0.2, 0.25) is 0 Å². The summed E-state index contributed by atoms with van der Waals surface area (Å²) in [5.41, 5.74) is 1.56. The van der Waals surface area contributed by atoms with Crippen LogP contribution >= 0.6 is 0 Å². The van der Waals surface area contributed by atoms with Gasteiger partial charge < -0.3 is 5.32 Å². The molecule has 120 valence electrons. The lowest BCUT2D eigenvalue weighted by Gasteiger charge is -2.21. The molecule has 0 atom stereocenters. The van der Waals surface area contributed by atoms with Gasteiger partial charge in [-0.2, -0.15) is 0 Å². The topological polar surface area (TPSA) is 32.3 Å². The highest BCUT2D eigenvalue weighted by Gasteiger charge is 2.30. The van der Waals surface area contributed by atoms with Crippen LogP contribution in [0.5, 0.6) is 0 Å². The van der Waals surface area contributed by atoms with Gasteiger partial charge in [0.05, 0.1) is 6.54 Å². The molecular weight excluding hydrogens is 298 g/mol. The van der Waals surface area contributed by atoms with Crippen molar-refractivity contribution in [3.05, 3.63) is 65.7 Å². The lowest BCUT2D eigenvalue weighted by molar-refractivity contribution is -0.117. The molecule has 0 aliphatic heterocycles. The SMILES string of the molecule is O=C(CN(Cc1ccc(F)cc1)C1CC1)Nc1ccc(F)cc1. The maximum absolute atomic E-state index is 13.0. The molecule has 0 radical (unpaired) electrons. The highest BCUT2D eigenvalue weighted by atomic mass is 19.1. The zero-order valence-electron chi connectivity index (χ0n) is 12.6. The van der Waals surface area contributed by atoms with Gasteiger partial charge in [0.1, 0.15) is 11.6 Å². The Morgan fingerprint density at radius 3 is 2.13 bits per heavy atom. The molecule has 0 heterocycles. The van der Waals surface area contributed by atoms with E-state index in [1.807, 2.05) is 0 Å². The molecule has 0 aromatic heterocycles. The van der Waals surface area contributed by atoms with Crippen LogP contribution in [0, 0.1) is 11.6 Å². The Hall–Kier alpha value is -2.27. The smallest absolute Gasteiger partial charge is 0.238 e. The van der Waals surface area contributed by atoms with E-state index in [1.165, 1.54) is 36.4 Å². The van der Waals surface area contributed by atoms with Gasteiger partial charge in [0, 0.05) is 18.3 Å². The molecule has 1 aliphatic rings. The van der Waals surface area contributed by atoms with Gasteiger partial charge in [0.15, 0.2) is 0 Å². The first-order valence-electron chi connectivity index (χ1n) is 7.64. The predicted molar refractivity (Wildman–Crippen MR) is 84.9 cm³/mol. The third-order valence-corrected chi connectivity index (χ3v) is 3.84. The van der Waals surface area contributed by atoms with E-state index in [9.17, 15) is 13.6 Å². The highest BCUT2D eigenvalue weighted by Crippen LogP contribution is 2.28. The van der Waals surface area contributed by atoms with E-state index >= 15 is 0 Å². The molecule has 1 amide bonds. The molecular formula is C18H18F2N2O. The molecule has 1 saturated carbocycles. The fourth-order valence-corrected chi connectivity index (χ4v) is 2.50. The monoisotopic (exact) mass is 316 g/mol. The van der Waals surface area contributed by atoms with Gasteiger partial charge >= 0.3 is 0 Å². The Kier molecular flexibility index (Phi) is 4.67. The second-order valence-electron chi connectivity index (χ2n) is 5.82. The number of hydrogen-bond donors (Lipinski definition) is 1. The first kappa shape index (κ1) is 15.6. The van der Waals surface area contributed by atoms with Crippen molar-refractivity contribution in [1.82, 2.24) is 4.90 Å². The summed E-state index contributed by atoms with van der Waals surface area (Å²) in [6.07, 6.45) is 2.15. The van der Waals surface area contributed by atoms with E-state index in [0.29, 0.717) is 18.3 Å². The first-order valence-corrected chi connectivity index (χ1v) is 7.64. The Bertz CT molecular complexity index is 666. The molecule has 2 aromatic rings. The van der Waals surface area contributed by atoms with Gasteiger partial charge in [-0.15, -0.1) is 0 Å². The maximum Gasteiger partial charge on any atom is 0.238 e. The van der Waals surface area contributed by atoms with Gasteiger partial charge in [-0.25, -0.2) is 8.78 Å². The van der Waals surface area contributed by atoms with Crippen LogP contribution in [0.1, 0.15) is 18.4 Å². The summed E-state index contributed by atoms with van der Waals surface area (Å²) in [7, 11) is 0. The van der Waals surface area contributed by atoms with Crippen LogP contribution < -0.4 is 5.32 Å². The quantitative estimate of drug-likeness (QED) is 0.883. The highest BCUT2D eigenvalue weighted by molar-refractivity contribution is 5.92. The maximum atomic E-state index is 13.0. The Balaban J connectivity index is 1.59. The minimum atomic E-state index is -0.334. The normalized spacial score (nSPS) is 14.0. The number of carbonyl (C=O) groups excluding carboxylic acids is 1. The van der Waals surface area contributed by atoms with Crippen molar-refractivity contribution in [3.63, 3.8) is 0 Å². The average molecular weight is 316 g/mol. The average Bonchev–Trinajstić information content (AvgIpc) is 3.36. The van der Waals surface area contributed by atoms with Gasteiger partial charge in [-0.1, -0.05) is 12.1 Å². The third-order valence-electron chi connectivity index (χ3n) is 3.84. The van der Waals surface area contributed by atoms with E-state index in [-0.39, 0.29) is 24.1 Å². The summed E-state index contributed by atoms with van der Waals surface area (Å²) >= 11 is 0. The fourth-order valence-electron chi connectivity index (χ4n) is 2.50. The molecule has 1 fully saturated rings. The summed E-state index contributed by atoms with van der Waals surface area (Å²) in [5.74, 6) is -0.731. The van der Waals surface area contributed by atoms with Crippen LogP contribution in [0.4, 0.5) is 14.5 Å². The van der Waals surface area contributed by atoms with E-state index in [0.717, 1.165) is 18.4 Å². The lowest BCUT2D eigenvalue weighted by atomic mass is 10.2. The minimum Gasteiger partial charge on any atom is -0.325 e. The number of halogens is 2. The van der Waals surface area contributed by atoms with Gasteiger partial charge in [-0.05, 0) is 54.8 Å². The molecule has 0 unspecified atom stereocenters. The molecule has 5 heteroatoms. The Morgan fingerprint density at radius 1 is 1.00 bits per heavy atom.